The molecule has 3 aromatic rings. The molecule has 2 amide bonds. The van der Waals surface area contributed by atoms with Crippen LogP contribution in [0.2, 0.25) is 5.02 Å². The molecular formula is C25H26ClFN4O4. The highest BCUT2D eigenvalue weighted by atomic mass is 35.5. The lowest BCUT2D eigenvalue weighted by Crippen LogP contribution is -2.45. The van der Waals surface area contributed by atoms with Crippen LogP contribution in [0.3, 0.4) is 0 Å². The number of rotatable bonds is 8. The fraction of sp³-hybridized carbons (Fsp3) is 0.240. The minimum absolute atomic E-state index is 0.246. The second-order valence-corrected chi connectivity index (χ2v) is 9.06. The molecule has 0 bridgehead atoms. The van der Waals surface area contributed by atoms with Gasteiger partial charge in [0, 0.05) is 34.5 Å². The van der Waals surface area contributed by atoms with Crippen LogP contribution in [0.1, 0.15) is 26.3 Å². The van der Waals surface area contributed by atoms with Crippen LogP contribution in [0, 0.1) is 5.82 Å². The van der Waals surface area contributed by atoms with Crippen molar-refractivity contribution in [3.63, 3.8) is 0 Å². The first-order chi connectivity index (χ1) is 16.5. The molecule has 0 radical (unpaired) electrons. The first kappa shape index (κ1) is 25.8. The van der Waals surface area contributed by atoms with E-state index in [4.69, 9.17) is 16.3 Å². The smallest absolute Gasteiger partial charge is 0.412 e. The van der Waals surface area contributed by atoms with Crippen LogP contribution in [0.4, 0.5) is 20.6 Å². The Morgan fingerprint density at radius 1 is 1.26 bits per heavy atom. The van der Waals surface area contributed by atoms with Gasteiger partial charge in [-0.2, -0.15) is 5.10 Å². The van der Waals surface area contributed by atoms with Crippen molar-refractivity contribution in [3.8, 4) is 5.75 Å². The van der Waals surface area contributed by atoms with E-state index in [1.54, 1.807) is 68.2 Å². The molecule has 0 unspecified atom stereocenters. The molecule has 0 saturated carbocycles. The predicted molar refractivity (Wildman–Crippen MR) is 133 cm³/mol. The number of nitrogens with one attached hydrogen (secondary N) is 1. The molecule has 2 aromatic carbocycles. The van der Waals surface area contributed by atoms with E-state index < -0.39 is 23.4 Å². The number of halogens is 2. The number of nitrogens with zero attached hydrogens (tertiary/aromatic N) is 3. The van der Waals surface area contributed by atoms with E-state index in [-0.39, 0.29) is 11.6 Å². The highest BCUT2D eigenvalue weighted by Crippen LogP contribution is 2.31. The van der Waals surface area contributed by atoms with E-state index in [9.17, 15) is 19.1 Å². The second-order valence-electron chi connectivity index (χ2n) is 8.62. The number of para-hydroxylation sites is 2. The Labute approximate surface area is 207 Å². The van der Waals surface area contributed by atoms with E-state index in [0.717, 1.165) is 0 Å². The molecule has 0 spiro atoms. The molecule has 35 heavy (non-hydrogen) atoms. The topological polar surface area (TPSA) is 96.7 Å². The summed E-state index contributed by atoms with van der Waals surface area (Å²) < 4.78 is 20.5. The van der Waals surface area contributed by atoms with Gasteiger partial charge in [0.2, 0.25) is 5.91 Å². The Morgan fingerprint density at radius 2 is 2.00 bits per heavy atom. The number of aromatic nitrogens is 2. The summed E-state index contributed by atoms with van der Waals surface area (Å²) in [7, 11) is 0. The number of ether oxygens (including phenoxy) is 1. The number of anilines is 2. The predicted octanol–water partition coefficient (Wildman–Crippen LogP) is 5.69. The van der Waals surface area contributed by atoms with Crippen molar-refractivity contribution in [1.29, 1.82) is 0 Å². The number of carbonyl (C=O) groups is 2. The molecule has 0 aliphatic carbocycles. The van der Waals surface area contributed by atoms with E-state index in [2.05, 4.69) is 10.4 Å². The van der Waals surface area contributed by atoms with Gasteiger partial charge < -0.3 is 15.2 Å². The van der Waals surface area contributed by atoms with Crippen LogP contribution in [0.15, 0.2) is 60.9 Å². The molecule has 0 saturated heterocycles. The van der Waals surface area contributed by atoms with Gasteiger partial charge in [0.05, 0.1) is 24.1 Å². The minimum Gasteiger partial charge on any atom is -0.492 e. The van der Waals surface area contributed by atoms with Crippen LogP contribution in [-0.4, -0.2) is 39.0 Å². The zero-order valence-corrected chi connectivity index (χ0v) is 20.3. The first-order valence-corrected chi connectivity index (χ1v) is 11.1. The third kappa shape index (κ3) is 7.31. The lowest BCUT2D eigenvalue weighted by molar-refractivity contribution is -0.111. The molecule has 2 N–H and O–H groups in total. The van der Waals surface area contributed by atoms with Crippen molar-refractivity contribution in [2.45, 2.75) is 32.9 Å². The zero-order valence-electron chi connectivity index (χ0n) is 19.5. The highest BCUT2D eigenvalue weighted by molar-refractivity contribution is 6.30. The number of hydrogen-bond donors (Lipinski definition) is 2. The SMILES string of the molecule is CC(C)(C)N(C(=O)O)c1ccccc1NC(=O)C=Cc1cnn(CCOc2cc(F)cc(Cl)c2)c1. The fourth-order valence-electron chi connectivity index (χ4n) is 3.33. The van der Waals surface area contributed by atoms with Crippen LogP contribution < -0.4 is 15.0 Å². The van der Waals surface area contributed by atoms with Crippen LogP contribution >= 0.6 is 11.6 Å². The standard InChI is InChI=1S/C25H26ClFN4O4/c1-25(2,3)31(24(33)34)22-7-5-4-6-21(22)29-23(32)9-8-17-15-28-30(16-17)10-11-35-20-13-18(26)12-19(27)14-20/h4-9,12-16H,10-11H2,1-3H3,(H,29,32)(H,33,34). The molecule has 0 aliphatic rings. The number of benzene rings is 2. The van der Waals surface area contributed by atoms with E-state index in [0.29, 0.717) is 29.2 Å². The zero-order chi connectivity index (χ0) is 25.6. The molecular weight excluding hydrogens is 475 g/mol. The molecule has 1 heterocycles. The Balaban J connectivity index is 1.60. The number of carbonyl (C=O) groups excluding carboxylic acids is 1. The summed E-state index contributed by atoms with van der Waals surface area (Å²) in [6.45, 7) is 5.97. The van der Waals surface area contributed by atoms with Crippen LogP contribution in [-0.2, 0) is 11.3 Å². The van der Waals surface area contributed by atoms with Gasteiger partial charge in [-0.15, -0.1) is 0 Å². The molecule has 0 fully saturated rings. The summed E-state index contributed by atoms with van der Waals surface area (Å²) in [6, 6.07) is 10.7. The molecule has 184 valence electrons. The molecule has 0 aliphatic heterocycles. The summed E-state index contributed by atoms with van der Waals surface area (Å²) in [5, 5.41) is 16.9. The van der Waals surface area contributed by atoms with Gasteiger partial charge in [-0.1, -0.05) is 23.7 Å². The van der Waals surface area contributed by atoms with Gasteiger partial charge in [0.1, 0.15) is 18.2 Å². The Bertz CT molecular complexity index is 1220. The Morgan fingerprint density at radius 3 is 2.69 bits per heavy atom. The first-order valence-electron chi connectivity index (χ1n) is 10.8. The largest absolute Gasteiger partial charge is 0.492 e. The van der Waals surface area contributed by atoms with E-state index in [1.165, 1.54) is 29.2 Å². The van der Waals surface area contributed by atoms with Gasteiger partial charge in [0.15, 0.2) is 0 Å². The van der Waals surface area contributed by atoms with Gasteiger partial charge >= 0.3 is 6.09 Å². The minimum atomic E-state index is -1.12. The Hall–Kier alpha value is -3.85. The van der Waals surface area contributed by atoms with Crippen molar-refractivity contribution in [3.05, 3.63) is 77.3 Å². The lowest BCUT2D eigenvalue weighted by Gasteiger charge is -2.34. The van der Waals surface area contributed by atoms with Gasteiger partial charge in [-0.25, -0.2) is 9.18 Å². The molecule has 0 atom stereocenters. The average molecular weight is 501 g/mol. The van der Waals surface area contributed by atoms with Crippen molar-refractivity contribution in [2.75, 3.05) is 16.8 Å². The maximum atomic E-state index is 13.4. The summed E-state index contributed by atoms with van der Waals surface area (Å²) in [5.41, 5.74) is 0.734. The molecule has 3 rings (SSSR count). The number of carboxylic acid groups (broad SMARTS) is 1. The average Bonchev–Trinajstić information content (AvgIpc) is 3.19. The summed E-state index contributed by atoms with van der Waals surface area (Å²) >= 11 is 5.81. The molecule has 8 nitrogen and oxygen atoms in total. The van der Waals surface area contributed by atoms with Crippen molar-refractivity contribution >= 4 is 41.1 Å². The normalized spacial score (nSPS) is 11.5. The Kier molecular flexibility index (Phi) is 8.14. The maximum Gasteiger partial charge on any atom is 0.412 e. The van der Waals surface area contributed by atoms with Crippen LogP contribution in [0.25, 0.3) is 6.08 Å². The molecule has 1 aromatic heterocycles. The highest BCUT2D eigenvalue weighted by Gasteiger charge is 2.29. The van der Waals surface area contributed by atoms with Crippen molar-refractivity contribution in [1.82, 2.24) is 9.78 Å². The summed E-state index contributed by atoms with van der Waals surface area (Å²) in [4.78, 5) is 25.6. The quantitative estimate of drug-likeness (QED) is 0.387. The number of amides is 2. The third-order valence-electron chi connectivity index (χ3n) is 4.77. The monoisotopic (exact) mass is 500 g/mol. The second kappa shape index (κ2) is 11.1. The van der Waals surface area contributed by atoms with Gasteiger partial charge in [-0.3, -0.25) is 14.4 Å². The molecule has 10 heteroatoms. The maximum absolute atomic E-state index is 13.4. The lowest BCUT2D eigenvalue weighted by atomic mass is 10.0. The summed E-state index contributed by atoms with van der Waals surface area (Å²) in [5.74, 6) is -0.572. The third-order valence-corrected chi connectivity index (χ3v) is 4.99. The van der Waals surface area contributed by atoms with E-state index >= 15 is 0 Å². The van der Waals surface area contributed by atoms with E-state index in [1.807, 2.05) is 0 Å². The van der Waals surface area contributed by atoms with Crippen molar-refractivity contribution in [2.24, 2.45) is 0 Å². The van der Waals surface area contributed by atoms with Gasteiger partial charge in [0.25, 0.3) is 0 Å². The van der Waals surface area contributed by atoms with Crippen molar-refractivity contribution < 1.29 is 23.8 Å². The fourth-order valence-corrected chi connectivity index (χ4v) is 3.54. The summed E-state index contributed by atoms with van der Waals surface area (Å²) in [6.07, 6.45) is 5.12. The van der Waals surface area contributed by atoms with Gasteiger partial charge in [-0.05, 0) is 51.1 Å². The number of hydrogen-bond acceptors (Lipinski definition) is 4. The van der Waals surface area contributed by atoms with Crippen LogP contribution in [0.5, 0.6) is 5.75 Å².